The molecule has 0 spiro atoms. The summed E-state index contributed by atoms with van der Waals surface area (Å²) in [7, 11) is 3.63. The largest absolute Gasteiger partial charge is 0.331 e. The van der Waals surface area contributed by atoms with E-state index in [1.54, 1.807) is 4.90 Å². The van der Waals surface area contributed by atoms with Gasteiger partial charge in [-0.25, -0.2) is 4.79 Å². The topological polar surface area (TPSA) is 23.6 Å². The second-order valence-corrected chi connectivity index (χ2v) is 6.35. The van der Waals surface area contributed by atoms with Crippen LogP contribution in [0.3, 0.4) is 0 Å². The molecule has 3 heteroatoms. The van der Waals surface area contributed by atoms with Crippen LogP contribution in [0.25, 0.3) is 0 Å². The zero-order chi connectivity index (χ0) is 15.7. The van der Waals surface area contributed by atoms with Crippen LogP contribution in [0.15, 0.2) is 54.6 Å². The molecule has 3 rings (SSSR count). The van der Waals surface area contributed by atoms with Gasteiger partial charge in [-0.2, -0.15) is 0 Å². The van der Waals surface area contributed by atoms with Gasteiger partial charge in [-0.1, -0.05) is 54.6 Å². The van der Waals surface area contributed by atoms with Crippen LogP contribution >= 0.6 is 0 Å². The van der Waals surface area contributed by atoms with Crippen LogP contribution in [0, 0.1) is 0 Å². The molecule has 1 aliphatic heterocycles. The first-order chi connectivity index (χ1) is 10.5. The molecule has 2 aromatic carbocycles. The highest BCUT2D eigenvalue weighted by atomic mass is 16.2. The lowest BCUT2D eigenvalue weighted by atomic mass is 9.79. The summed E-state index contributed by atoms with van der Waals surface area (Å²) >= 11 is 0. The van der Waals surface area contributed by atoms with E-state index in [0.29, 0.717) is 6.54 Å². The summed E-state index contributed by atoms with van der Waals surface area (Å²) < 4.78 is 0. The van der Waals surface area contributed by atoms with Gasteiger partial charge in [0.1, 0.15) is 0 Å². The molecule has 1 heterocycles. The lowest BCUT2D eigenvalue weighted by molar-refractivity contribution is 0.0876. The smallest absolute Gasteiger partial charge is 0.320 e. The number of fused-ring (bicyclic) bond motifs is 1. The summed E-state index contributed by atoms with van der Waals surface area (Å²) in [6.07, 6.45) is 0.840. The highest BCUT2D eigenvalue weighted by molar-refractivity contribution is 5.75. The summed E-state index contributed by atoms with van der Waals surface area (Å²) in [5, 5.41) is 0. The third-order valence-electron chi connectivity index (χ3n) is 4.59. The Balaban J connectivity index is 2.10. The maximum atomic E-state index is 12.7. The van der Waals surface area contributed by atoms with Gasteiger partial charge in [0.25, 0.3) is 0 Å². The quantitative estimate of drug-likeness (QED) is 0.787. The summed E-state index contributed by atoms with van der Waals surface area (Å²) in [6.45, 7) is 2.82. The number of carbonyl (C=O) groups is 1. The molecular weight excluding hydrogens is 272 g/mol. The Kier molecular flexibility index (Phi) is 3.65. The summed E-state index contributed by atoms with van der Waals surface area (Å²) in [5.41, 5.74) is 3.43. The van der Waals surface area contributed by atoms with Crippen LogP contribution in [0.2, 0.25) is 0 Å². The molecule has 0 N–H and O–H groups in total. The van der Waals surface area contributed by atoms with Gasteiger partial charge in [0.15, 0.2) is 0 Å². The van der Waals surface area contributed by atoms with Crippen molar-refractivity contribution in [2.24, 2.45) is 0 Å². The molecule has 1 atom stereocenters. The average Bonchev–Trinajstić information content (AvgIpc) is 2.54. The Morgan fingerprint density at radius 2 is 1.59 bits per heavy atom. The molecule has 3 nitrogen and oxygen atoms in total. The van der Waals surface area contributed by atoms with Gasteiger partial charge in [0.05, 0.1) is 5.54 Å². The normalized spacial score (nSPS) is 20.4. The van der Waals surface area contributed by atoms with Crippen molar-refractivity contribution in [1.29, 1.82) is 0 Å². The number of carbonyl (C=O) groups excluding carboxylic acids is 1. The average molecular weight is 294 g/mol. The predicted octanol–water partition coefficient (Wildman–Crippen LogP) is 3.64. The van der Waals surface area contributed by atoms with Crippen LogP contribution in [-0.2, 0) is 18.5 Å². The maximum absolute atomic E-state index is 12.7. The van der Waals surface area contributed by atoms with Crippen molar-refractivity contribution in [3.63, 3.8) is 0 Å². The molecule has 0 bridgehead atoms. The molecule has 1 unspecified atom stereocenters. The van der Waals surface area contributed by atoms with Crippen LogP contribution in [0.1, 0.15) is 23.6 Å². The minimum Gasteiger partial charge on any atom is -0.331 e. The molecule has 22 heavy (non-hydrogen) atoms. The number of amides is 2. The van der Waals surface area contributed by atoms with E-state index >= 15 is 0 Å². The number of hydrogen-bond acceptors (Lipinski definition) is 1. The van der Waals surface area contributed by atoms with Crippen molar-refractivity contribution in [2.45, 2.75) is 25.4 Å². The molecular formula is C19H22N2O. The molecule has 0 aromatic heterocycles. The lowest BCUT2D eigenvalue weighted by Gasteiger charge is -2.46. The number of rotatable bonds is 1. The Bertz CT molecular complexity index is 681. The lowest BCUT2D eigenvalue weighted by Crippen LogP contribution is -2.54. The monoisotopic (exact) mass is 294 g/mol. The zero-order valence-corrected chi connectivity index (χ0v) is 13.4. The minimum atomic E-state index is -0.322. The highest BCUT2D eigenvalue weighted by Crippen LogP contribution is 2.39. The molecule has 0 aliphatic carbocycles. The number of hydrogen-bond donors (Lipinski definition) is 0. The fourth-order valence-electron chi connectivity index (χ4n) is 3.27. The van der Waals surface area contributed by atoms with E-state index in [4.69, 9.17) is 0 Å². The van der Waals surface area contributed by atoms with Crippen molar-refractivity contribution in [2.75, 3.05) is 14.1 Å². The summed E-state index contributed by atoms with van der Waals surface area (Å²) in [6, 6.07) is 18.8. The van der Waals surface area contributed by atoms with E-state index in [1.807, 2.05) is 43.3 Å². The summed E-state index contributed by atoms with van der Waals surface area (Å²) in [5.74, 6) is 0. The Hall–Kier alpha value is -2.29. The zero-order valence-electron chi connectivity index (χ0n) is 13.4. The fourth-order valence-corrected chi connectivity index (χ4v) is 3.27. The predicted molar refractivity (Wildman–Crippen MR) is 88.6 cm³/mol. The van der Waals surface area contributed by atoms with Crippen molar-refractivity contribution < 1.29 is 4.79 Å². The van der Waals surface area contributed by atoms with Gasteiger partial charge >= 0.3 is 6.03 Å². The van der Waals surface area contributed by atoms with E-state index in [9.17, 15) is 4.79 Å². The molecule has 0 saturated heterocycles. The number of nitrogens with zero attached hydrogens (tertiary/aromatic N) is 2. The first-order valence-corrected chi connectivity index (χ1v) is 7.63. The first kappa shape index (κ1) is 14.6. The Labute approximate surface area is 132 Å². The molecule has 114 valence electrons. The molecule has 0 fully saturated rings. The Morgan fingerprint density at radius 1 is 1.00 bits per heavy atom. The van der Waals surface area contributed by atoms with Crippen molar-refractivity contribution in [1.82, 2.24) is 9.80 Å². The van der Waals surface area contributed by atoms with E-state index in [-0.39, 0.29) is 11.6 Å². The fraction of sp³-hybridized carbons (Fsp3) is 0.316. The molecule has 0 radical (unpaired) electrons. The molecule has 2 aromatic rings. The Morgan fingerprint density at radius 3 is 2.23 bits per heavy atom. The minimum absolute atomic E-state index is 0.0563. The van der Waals surface area contributed by atoms with Gasteiger partial charge in [0.2, 0.25) is 0 Å². The third kappa shape index (κ3) is 2.37. The first-order valence-electron chi connectivity index (χ1n) is 7.63. The van der Waals surface area contributed by atoms with Crippen molar-refractivity contribution in [3.8, 4) is 0 Å². The second-order valence-electron chi connectivity index (χ2n) is 6.35. The number of benzene rings is 2. The van der Waals surface area contributed by atoms with Gasteiger partial charge in [-0.3, -0.25) is 0 Å². The molecule has 0 saturated carbocycles. The van der Waals surface area contributed by atoms with Crippen LogP contribution < -0.4 is 0 Å². The molecule has 1 aliphatic rings. The van der Waals surface area contributed by atoms with Crippen molar-refractivity contribution >= 4 is 6.03 Å². The molecule has 2 amide bonds. The SMILES string of the molecule is CN(C)C(=O)N1Cc2ccccc2CC1(C)c1ccccc1. The maximum Gasteiger partial charge on any atom is 0.320 e. The van der Waals surface area contributed by atoms with E-state index < -0.39 is 0 Å². The van der Waals surface area contributed by atoms with E-state index in [1.165, 1.54) is 16.7 Å². The standard InChI is InChI=1S/C19H22N2O/c1-19(17-11-5-4-6-12-17)13-15-9-7-8-10-16(15)14-21(19)18(22)20(2)3/h4-12H,13-14H2,1-3H3. The van der Waals surface area contributed by atoms with Gasteiger partial charge in [-0.05, 0) is 23.6 Å². The summed E-state index contributed by atoms with van der Waals surface area (Å²) in [4.78, 5) is 16.4. The van der Waals surface area contributed by atoms with Crippen LogP contribution in [0.4, 0.5) is 4.79 Å². The van der Waals surface area contributed by atoms with E-state index in [2.05, 4.69) is 37.3 Å². The third-order valence-corrected chi connectivity index (χ3v) is 4.59. The van der Waals surface area contributed by atoms with E-state index in [0.717, 1.165) is 6.42 Å². The van der Waals surface area contributed by atoms with Gasteiger partial charge in [0, 0.05) is 27.1 Å². The highest BCUT2D eigenvalue weighted by Gasteiger charge is 2.41. The van der Waals surface area contributed by atoms with Crippen LogP contribution in [0.5, 0.6) is 0 Å². The second kappa shape index (κ2) is 5.48. The van der Waals surface area contributed by atoms with Gasteiger partial charge < -0.3 is 9.80 Å². The van der Waals surface area contributed by atoms with Gasteiger partial charge in [-0.15, -0.1) is 0 Å². The van der Waals surface area contributed by atoms with Crippen molar-refractivity contribution in [3.05, 3.63) is 71.3 Å². The number of urea groups is 1. The van der Waals surface area contributed by atoms with Crippen LogP contribution in [-0.4, -0.2) is 29.9 Å².